The average molecular weight is 638 g/mol. The van der Waals surface area contributed by atoms with E-state index in [9.17, 15) is 14.7 Å². The Morgan fingerprint density at radius 1 is 0.933 bits per heavy atom. The Balaban J connectivity index is 1.30. The third-order valence-corrected chi connectivity index (χ3v) is 9.64. The molecule has 1 aromatic heterocycles. The summed E-state index contributed by atoms with van der Waals surface area (Å²) in [5, 5.41) is 20.0. The van der Waals surface area contributed by atoms with E-state index in [2.05, 4.69) is 10.2 Å². The van der Waals surface area contributed by atoms with E-state index in [1.807, 2.05) is 62.4 Å². The lowest BCUT2D eigenvalue weighted by molar-refractivity contribution is -0.132. The molecule has 7 nitrogen and oxygen atoms in total. The first kappa shape index (κ1) is 30.2. The fourth-order valence-corrected chi connectivity index (χ4v) is 6.83. The Hall–Kier alpha value is -4.80. The molecule has 0 spiro atoms. The molecule has 5 aromatic rings. The summed E-state index contributed by atoms with van der Waals surface area (Å²) in [5.74, 6) is -1.72. The Bertz CT molecular complexity index is 1910. The topological polar surface area (TPSA) is 92.6 Å². The predicted molar refractivity (Wildman–Crippen MR) is 174 cm³/mol. The van der Waals surface area contributed by atoms with Crippen LogP contribution in [-0.2, 0) is 21.9 Å². The summed E-state index contributed by atoms with van der Waals surface area (Å²) in [5.41, 5.74) is 4.51. The molecule has 1 unspecified atom stereocenters. The highest BCUT2D eigenvalue weighted by molar-refractivity contribution is 8.00. The minimum Gasteiger partial charge on any atom is -0.507 e. The van der Waals surface area contributed by atoms with Gasteiger partial charge < -0.3 is 9.84 Å². The number of aromatic nitrogens is 2. The Morgan fingerprint density at radius 3 is 2.38 bits per heavy atom. The van der Waals surface area contributed by atoms with Gasteiger partial charge in [-0.05, 0) is 60.9 Å². The van der Waals surface area contributed by atoms with E-state index in [0.717, 1.165) is 38.5 Å². The number of anilines is 1. The van der Waals surface area contributed by atoms with Gasteiger partial charge in [-0.1, -0.05) is 95.4 Å². The van der Waals surface area contributed by atoms with E-state index in [4.69, 9.17) is 4.74 Å². The molecule has 4 aromatic carbocycles. The Morgan fingerprint density at radius 2 is 1.64 bits per heavy atom. The molecule has 0 radical (unpaired) electrons. The van der Waals surface area contributed by atoms with Crippen LogP contribution in [0.1, 0.15) is 39.4 Å². The molecule has 1 aliphatic rings. The number of ketones is 1. The minimum atomic E-state index is -1.24. The fourth-order valence-electron chi connectivity index (χ4n) is 5.01. The number of thioether (sulfide) groups is 1. The summed E-state index contributed by atoms with van der Waals surface area (Å²) in [6.07, 6.45) is 0. The number of aliphatic hydroxyl groups is 1. The largest absolute Gasteiger partial charge is 0.507 e. The highest BCUT2D eigenvalue weighted by Gasteiger charge is 2.49. The fraction of sp³-hybridized carbons (Fsp3) is 0.143. The van der Waals surface area contributed by atoms with Crippen LogP contribution in [0.3, 0.4) is 0 Å². The predicted octanol–water partition coefficient (Wildman–Crippen LogP) is 7.79. The highest BCUT2D eigenvalue weighted by Crippen LogP contribution is 2.44. The molecule has 1 N–H and O–H groups in total. The zero-order chi connectivity index (χ0) is 31.5. The van der Waals surface area contributed by atoms with E-state index >= 15 is 4.39 Å². The summed E-state index contributed by atoms with van der Waals surface area (Å²) in [6.45, 7) is 4.39. The van der Waals surface area contributed by atoms with E-state index in [1.165, 1.54) is 30.0 Å². The van der Waals surface area contributed by atoms with Crippen LogP contribution in [0.5, 0.6) is 5.75 Å². The van der Waals surface area contributed by atoms with Gasteiger partial charge >= 0.3 is 5.91 Å². The maximum atomic E-state index is 15.3. The maximum Gasteiger partial charge on any atom is 0.301 e. The number of hydrogen-bond donors (Lipinski definition) is 1. The molecule has 226 valence electrons. The van der Waals surface area contributed by atoms with Crippen LogP contribution >= 0.6 is 23.1 Å². The number of Topliss-reactive ketones (excluding diaryl/α,β-unsaturated/α-hetero) is 1. The first-order chi connectivity index (χ1) is 21.8. The zero-order valence-corrected chi connectivity index (χ0v) is 26.1. The van der Waals surface area contributed by atoms with Crippen molar-refractivity contribution in [3.8, 4) is 5.75 Å². The van der Waals surface area contributed by atoms with Crippen molar-refractivity contribution < 1.29 is 23.8 Å². The first-order valence-electron chi connectivity index (χ1n) is 14.1. The normalized spacial score (nSPS) is 15.9. The van der Waals surface area contributed by atoms with Crippen LogP contribution < -0.4 is 9.64 Å². The molecular formula is C35H28FN3O4S2. The van der Waals surface area contributed by atoms with Gasteiger partial charge in [-0.2, -0.15) is 0 Å². The second-order valence-electron chi connectivity index (χ2n) is 10.6. The number of hydrogen-bond acceptors (Lipinski definition) is 8. The van der Waals surface area contributed by atoms with Crippen molar-refractivity contribution in [2.24, 2.45) is 0 Å². The van der Waals surface area contributed by atoms with Crippen molar-refractivity contribution in [3.63, 3.8) is 0 Å². The number of aryl methyl sites for hydroxylation is 2. The number of benzene rings is 4. The quantitative estimate of drug-likeness (QED) is 0.0580. The minimum absolute atomic E-state index is 0.0560. The number of nitrogens with zero attached hydrogens (tertiary/aromatic N) is 3. The molecule has 0 aliphatic carbocycles. The SMILES string of the molecule is Cc1ccc(CSc2nnc(N3C(=O)C(=O)C(=C(O)c4ccc(OCc5ccccc5C)cc4)C3c3ccccc3F)s2)cc1. The number of amides is 1. The second-order valence-corrected chi connectivity index (χ2v) is 12.7. The monoisotopic (exact) mass is 637 g/mol. The van der Waals surface area contributed by atoms with E-state index in [0.29, 0.717) is 22.4 Å². The van der Waals surface area contributed by atoms with Crippen LogP contribution in [0.15, 0.2) is 107 Å². The van der Waals surface area contributed by atoms with Crippen molar-refractivity contribution in [2.45, 2.75) is 36.6 Å². The Labute approximate surface area is 268 Å². The van der Waals surface area contributed by atoms with Gasteiger partial charge in [-0.3, -0.25) is 14.5 Å². The maximum absolute atomic E-state index is 15.3. The van der Waals surface area contributed by atoms with Gasteiger partial charge in [-0.15, -0.1) is 10.2 Å². The molecular weight excluding hydrogens is 610 g/mol. The number of ether oxygens (including phenoxy) is 1. The summed E-state index contributed by atoms with van der Waals surface area (Å²) in [4.78, 5) is 28.1. The van der Waals surface area contributed by atoms with Gasteiger partial charge in [0.25, 0.3) is 5.78 Å². The molecule has 0 bridgehead atoms. The molecule has 10 heteroatoms. The van der Waals surface area contributed by atoms with Crippen molar-refractivity contribution >= 4 is 45.7 Å². The molecule has 2 heterocycles. The number of rotatable bonds is 9. The third-order valence-electron chi connectivity index (χ3n) is 7.51. The standard InChI is InChI=1S/C35H28FN3O4S2/c1-21-11-13-23(14-12-21)20-44-35-38-37-34(45-35)39-30(27-9-5-6-10-28(27)36)29(32(41)33(39)42)31(40)24-15-17-26(18-16-24)43-19-25-8-4-3-7-22(25)2/h3-18,30,40H,19-20H2,1-2H3. The van der Waals surface area contributed by atoms with Crippen molar-refractivity contribution in [1.29, 1.82) is 0 Å². The lowest BCUT2D eigenvalue weighted by atomic mass is 9.95. The molecule has 1 atom stereocenters. The summed E-state index contributed by atoms with van der Waals surface area (Å²) in [7, 11) is 0. The first-order valence-corrected chi connectivity index (χ1v) is 16.0. The molecule has 6 rings (SSSR count). The van der Waals surface area contributed by atoms with Gasteiger partial charge in [-0.25, -0.2) is 4.39 Å². The number of carbonyl (C=O) groups is 2. The average Bonchev–Trinajstić information content (AvgIpc) is 3.62. The zero-order valence-electron chi connectivity index (χ0n) is 24.4. The van der Waals surface area contributed by atoms with Crippen molar-refractivity contribution in [1.82, 2.24) is 10.2 Å². The summed E-state index contributed by atoms with van der Waals surface area (Å²) in [6, 6.07) is 27.2. The Kier molecular flexibility index (Phi) is 8.77. The third kappa shape index (κ3) is 6.38. The lowest BCUT2D eigenvalue weighted by Gasteiger charge is -2.22. The summed E-state index contributed by atoms with van der Waals surface area (Å²) < 4.78 is 21.8. The van der Waals surface area contributed by atoms with E-state index < -0.39 is 29.3 Å². The highest BCUT2D eigenvalue weighted by atomic mass is 32.2. The number of aliphatic hydroxyl groups excluding tert-OH is 1. The van der Waals surface area contributed by atoms with Gasteiger partial charge in [0.15, 0.2) is 4.34 Å². The van der Waals surface area contributed by atoms with Crippen LogP contribution in [0.2, 0.25) is 0 Å². The lowest BCUT2D eigenvalue weighted by Crippen LogP contribution is -2.29. The molecule has 1 aliphatic heterocycles. The van der Waals surface area contributed by atoms with Crippen molar-refractivity contribution in [3.05, 3.63) is 142 Å². The second kappa shape index (κ2) is 13.1. The van der Waals surface area contributed by atoms with Crippen LogP contribution in [0.4, 0.5) is 9.52 Å². The molecule has 1 amide bonds. The van der Waals surface area contributed by atoms with Crippen LogP contribution in [-0.4, -0.2) is 27.0 Å². The number of carbonyl (C=O) groups excluding carboxylic acids is 2. The smallest absolute Gasteiger partial charge is 0.301 e. The van der Waals surface area contributed by atoms with E-state index in [1.54, 1.807) is 30.3 Å². The number of halogens is 1. The van der Waals surface area contributed by atoms with E-state index in [-0.39, 0.29) is 21.8 Å². The van der Waals surface area contributed by atoms with Gasteiger partial charge in [0.05, 0.1) is 5.57 Å². The van der Waals surface area contributed by atoms with Crippen molar-refractivity contribution in [2.75, 3.05) is 4.90 Å². The molecule has 45 heavy (non-hydrogen) atoms. The van der Waals surface area contributed by atoms with Gasteiger partial charge in [0.2, 0.25) is 5.13 Å². The van der Waals surface area contributed by atoms with Crippen LogP contribution in [0, 0.1) is 19.7 Å². The molecule has 1 fully saturated rings. The van der Waals surface area contributed by atoms with Gasteiger partial charge in [0.1, 0.15) is 30.0 Å². The molecule has 1 saturated heterocycles. The van der Waals surface area contributed by atoms with Crippen LogP contribution in [0.25, 0.3) is 5.76 Å². The van der Waals surface area contributed by atoms with Gasteiger partial charge in [0, 0.05) is 16.9 Å². The summed E-state index contributed by atoms with van der Waals surface area (Å²) >= 11 is 2.57. The molecule has 0 saturated carbocycles.